The Bertz CT molecular complexity index is 547. The Kier molecular flexibility index (Phi) is 2.32. The molecule has 3 heteroatoms. The molecule has 2 aromatic rings. The van der Waals surface area contributed by atoms with Gasteiger partial charge in [0, 0.05) is 11.3 Å². The minimum Gasteiger partial charge on any atom is -0.232 e. The van der Waals surface area contributed by atoms with Gasteiger partial charge in [-0.25, -0.2) is 9.97 Å². The Labute approximate surface area is 99.7 Å². The van der Waals surface area contributed by atoms with E-state index in [1.165, 1.54) is 24.8 Å². The van der Waals surface area contributed by atoms with E-state index in [0.29, 0.717) is 11.1 Å². The van der Waals surface area contributed by atoms with Gasteiger partial charge in [-0.05, 0) is 31.4 Å². The molecule has 0 spiro atoms. The van der Waals surface area contributed by atoms with Gasteiger partial charge in [-0.2, -0.15) is 0 Å². The Hall–Kier alpha value is -1.15. The number of rotatable bonds is 1. The van der Waals surface area contributed by atoms with Crippen LogP contribution in [0.3, 0.4) is 0 Å². The van der Waals surface area contributed by atoms with Gasteiger partial charge < -0.3 is 0 Å². The fourth-order valence-corrected chi connectivity index (χ4v) is 2.36. The molecule has 0 N–H and O–H groups in total. The quantitative estimate of drug-likeness (QED) is 0.698. The second-order valence-corrected chi connectivity index (χ2v) is 4.83. The molecule has 1 heterocycles. The third-order valence-electron chi connectivity index (χ3n) is 3.37. The first-order valence-corrected chi connectivity index (χ1v) is 6.06. The molecule has 0 bridgehead atoms. The third kappa shape index (κ3) is 1.49. The van der Waals surface area contributed by atoms with Crippen molar-refractivity contribution in [2.45, 2.75) is 32.1 Å². The Morgan fingerprint density at radius 1 is 1.25 bits per heavy atom. The number of benzene rings is 1. The molecule has 1 fully saturated rings. The minimum absolute atomic E-state index is 0.529. The number of hydrogen-bond donors (Lipinski definition) is 0. The monoisotopic (exact) mass is 232 g/mol. The summed E-state index contributed by atoms with van der Waals surface area (Å²) in [6, 6.07) is 6.04. The van der Waals surface area contributed by atoms with Crippen molar-refractivity contribution in [1.82, 2.24) is 9.97 Å². The van der Waals surface area contributed by atoms with E-state index >= 15 is 0 Å². The highest BCUT2D eigenvalue weighted by atomic mass is 35.5. The maximum Gasteiger partial charge on any atom is 0.140 e. The summed E-state index contributed by atoms with van der Waals surface area (Å²) in [4.78, 5) is 9.08. The lowest BCUT2D eigenvalue weighted by Gasteiger charge is -2.24. The summed E-state index contributed by atoms with van der Waals surface area (Å²) in [7, 11) is 0. The molecular weight excluding hydrogens is 220 g/mol. The van der Waals surface area contributed by atoms with Crippen molar-refractivity contribution in [3.05, 3.63) is 34.7 Å². The molecule has 0 amide bonds. The summed E-state index contributed by atoms with van der Waals surface area (Å²) in [6.07, 6.45) is 3.69. The van der Waals surface area contributed by atoms with E-state index in [0.717, 1.165) is 16.7 Å². The van der Waals surface area contributed by atoms with Gasteiger partial charge in [0.05, 0.1) is 5.52 Å². The van der Waals surface area contributed by atoms with Crippen LogP contribution in [0.25, 0.3) is 10.9 Å². The fraction of sp³-hybridized carbons (Fsp3) is 0.385. The zero-order valence-corrected chi connectivity index (χ0v) is 9.96. The van der Waals surface area contributed by atoms with Gasteiger partial charge in [-0.1, -0.05) is 30.2 Å². The molecule has 16 heavy (non-hydrogen) atoms. The number of fused-ring (bicyclic) bond motifs is 1. The summed E-state index contributed by atoms with van der Waals surface area (Å²) < 4.78 is 0. The molecule has 0 atom stereocenters. The summed E-state index contributed by atoms with van der Waals surface area (Å²) in [5, 5.41) is 1.56. The van der Waals surface area contributed by atoms with Crippen molar-refractivity contribution < 1.29 is 0 Å². The molecular formula is C13H13ClN2. The number of para-hydroxylation sites is 1. The zero-order valence-electron chi connectivity index (χ0n) is 9.20. The Balaban J connectivity index is 2.23. The van der Waals surface area contributed by atoms with Crippen LogP contribution in [-0.4, -0.2) is 9.97 Å². The summed E-state index contributed by atoms with van der Waals surface area (Å²) in [5.74, 6) is 1.46. The number of hydrogen-bond acceptors (Lipinski definition) is 2. The van der Waals surface area contributed by atoms with Gasteiger partial charge in [-0.15, -0.1) is 0 Å². The predicted molar refractivity (Wildman–Crippen MR) is 65.9 cm³/mol. The average Bonchev–Trinajstić information content (AvgIpc) is 2.17. The van der Waals surface area contributed by atoms with Crippen molar-refractivity contribution in [2.75, 3.05) is 0 Å². The van der Waals surface area contributed by atoms with Crippen LogP contribution < -0.4 is 0 Å². The highest BCUT2D eigenvalue weighted by Crippen LogP contribution is 2.36. The van der Waals surface area contributed by atoms with E-state index in [2.05, 4.69) is 23.0 Å². The molecule has 1 saturated carbocycles. The van der Waals surface area contributed by atoms with Crippen LogP contribution in [0.2, 0.25) is 5.15 Å². The smallest absolute Gasteiger partial charge is 0.140 e. The van der Waals surface area contributed by atoms with Gasteiger partial charge in [0.2, 0.25) is 0 Å². The largest absolute Gasteiger partial charge is 0.232 e. The normalized spacial score (nSPS) is 16.4. The van der Waals surface area contributed by atoms with E-state index in [9.17, 15) is 0 Å². The van der Waals surface area contributed by atoms with Crippen molar-refractivity contribution in [3.8, 4) is 0 Å². The number of aryl methyl sites for hydroxylation is 1. The minimum atomic E-state index is 0.529. The first-order chi connectivity index (χ1) is 7.75. The van der Waals surface area contributed by atoms with Crippen LogP contribution in [0.1, 0.15) is 36.6 Å². The lowest BCUT2D eigenvalue weighted by Crippen LogP contribution is -2.13. The number of aromatic nitrogens is 2. The van der Waals surface area contributed by atoms with Gasteiger partial charge in [0.1, 0.15) is 11.0 Å². The number of halogens is 1. The van der Waals surface area contributed by atoms with Gasteiger partial charge >= 0.3 is 0 Å². The zero-order chi connectivity index (χ0) is 11.1. The van der Waals surface area contributed by atoms with E-state index in [4.69, 9.17) is 11.6 Å². The van der Waals surface area contributed by atoms with Crippen LogP contribution in [0, 0.1) is 6.92 Å². The first kappa shape index (κ1) is 10.0. The number of nitrogens with zero attached hydrogens (tertiary/aromatic N) is 2. The van der Waals surface area contributed by atoms with Crippen molar-refractivity contribution in [3.63, 3.8) is 0 Å². The topological polar surface area (TPSA) is 25.8 Å². The second kappa shape index (κ2) is 3.70. The summed E-state index contributed by atoms with van der Waals surface area (Å²) in [5.41, 5.74) is 2.17. The molecule has 0 radical (unpaired) electrons. The maximum atomic E-state index is 6.21. The molecule has 2 nitrogen and oxygen atoms in total. The van der Waals surface area contributed by atoms with E-state index in [1.54, 1.807) is 0 Å². The third-order valence-corrected chi connectivity index (χ3v) is 3.66. The van der Waals surface area contributed by atoms with Gasteiger partial charge in [0.25, 0.3) is 0 Å². The Morgan fingerprint density at radius 3 is 2.75 bits per heavy atom. The molecule has 3 rings (SSSR count). The maximum absolute atomic E-state index is 6.21. The highest BCUT2D eigenvalue weighted by molar-refractivity contribution is 6.34. The Morgan fingerprint density at radius 2 is 2.06 bits per heavy atom. The summed E-state index contributed by atoms with van der Waals surface area (Å²) >= 11 is 6.21. The molecule has 1 aromatic carbocycles. The van der Waals surface area contributed by atoms with Gasteiger partial charge in [0.15, 0.2) is 0 Å². The van der Waals surface area contributed by atoms with E-state index < -0.39 is 0 Å². The average molecular weight is 233 g/mol. The molecule has 0 saturated heterocycles. The van der Waals surface area contributed by atoms with Crippen LogP contribution in [0.4, 0.5) is 0 Å². The van der Waals surface area contributed by atoms with Crippen LogP contribution >= 0.6 is 11.6 Å². The van der Waals surface area contributed by atoms with E-state index in [-0.39, 0.29) is 0 Å². The van der Waals surface area contributed by atoms with Gasteiger partial charge in [-0.3, -0.25) is 0 Å². The van der Waals surface area contributed by atoms with Crippen molar-refractivity contribution >= 4 is 22.5 Å². The van der Waals surface area contributed by atoms with Crippen molar-refractivity contribution in [2.24, 2.45) is 0 Å². The van der Waals surface area contributed by atoms with Crippen LogP contribution in [0.5, 0.6) is 0 Å². The predicted octanol–water partition coefficient (Wildman–Crippen LogP) is 3.86. The molecule has 82 valence electrons. The molecule has 0 unspecified atom stereocenters. The summed E-state index contributed by atoms with van der Waals surface area (Å²) in [6.45, 7) is 2.07. The highest BCUT2D eigenvalue weighted by Gasteiger charge is 2.23. The van der Waals surface area contributed by atoms with Crippen molar-refractivity contribution in [1.29, 1.82) is 0 Å². The second-order valence-electron chi connectivity index (χ2n) is 4.47. The molecule has 1 aliphatic rings. The van der Waals surface area contributed by atoms with E-state index in [1.807, 2.05) is 12.1 Å². The van der Waals surface area contributed by atoms with Crippen LogP contribution in [-0.2, 0) is 0 Å². The molecule has 0 aliphatic heterocycles. The fourth-order valence-electron chi connectivity index (χ4n) is 2.12. The molecule has 1 aromatic heterocycles. The molecule has 1 aliphatic carbocycles. The first-order valence-electron chi connectivity index (χ1n) is 5.68. The SMILES string of the molecule is Cc1cccc2c(Cl)nc(C3CCC3)nc12. The van der Waals surface area contributed by atoms with Crippen LogP contribution in [0.15, 0.2) is 18.2 Å². The standard InChI is InChI=1S/C13H13ClN2/c1-8-4-2-7-10-11(8)15-13(16-12(10)14)9-5-3-6-9/h2,4,7,9H,3,5-6H2,1H3. The lowest BCUT2D eigenvalue weighted by molar-refractivity contribution is 0.402. The lowest BCUT2D eigenvalue weighted by atomic mass is 9.85.